The van der Waals surface area contributed by atoms with Crippen molar-refractivity contribution in [1.82, 2.24) is 4.98 Å². The van der Waals surface area contributed by atoms with Crippen molar-refractivity contribution < 1.29 is 4.74 Å². The number of pyridine rings is 1. The highest BCUT2D eigenvalue weighted by molar-refractivity contribution is 6.42. The van der Waals surface area contributed by atoms with E-state index in [2.05, 4.69) is 10.3 Å². The number of benzene rings is 1. The summed E-state index contributed by atoms with van der Waals surface area (Å²) >= 11 is 11.8. The van der Waals surface area contributed by atoms with Gasteiger partial charge in [0.1, 0.15) is 17.3 Å². The zero-order valence-electron chi connectivity index (χ0n) is 9.78. The molecule has 0 spiro atoms. The van der Waals surface area contributed by atoms with Crippen LogP contribution in [-0.4, -0.2) is 11.5 Å². The number of halogens is 2. The third-order valence-electron chi connectivity index (χ3n) is 2.22. The number of hydrogen-bond acceptors (Lipinski definition) is 3. The third kappa shape index (κ3) is 3.28. The van der Waals surface area contributed by atoms with Crippen LogP contribution in [0.1, 0.15) is 6.92 Å². The minimum atomic E-state index is 0.468. The summed E-state index contributed by atoms with van der Waals surface area (Å²) in [6, 6.07) is 8.75. The van der Waals surface area contributed by atoms with Gasteiger partial charge in [-0.1, -0.05) is 23.2 Å². The van der Waals surface area contributed by atoms with E-state index in [1.54, 1.807) is 30.5 Å². The van der Waals surface area contributed by atoms with Crippen molar-refractivity contribution in [2.75, 3.05) is 11.9 Å². The van der Waals surface area contributed by atoms with Gasteiger partial charge in [-0.05, 0) is 25.1 Å². The molecular weight excluding hydrogens is 271 g/mol. The molecule has 2 aromatic rings. The molecule has 0 atom stereocenters. The van der Waals surface area contributed by atoms with E-state index < -0.39 is 0 Å². The molecule has 3 nitrogen and oxygen atoms in total. The molecule has 0 radical (unpaired) electrons. The van der Waals surface area contributed by atoms with Crippen LogP contribution in [-0.2, 0) is 0 Å². The Hall–Kier alpha value is -1.45. The second-order valence-electron chi connectivity index (χ2n) is 3.59. The lowest BCUT2D eigenvalue weighted by molar-refractivity contribution is 0.482. The van der Waals surface area contributed by atoms with Crippen LogP contribution >= 0.6 is 23.2 Å². The van der Waals surface area contributed by atoms with Crippen LogP contribution in [0.4, 0.5) is 5.82 Å². The van der Waals surface area contributed by atoms with Gasteiger partial charge in [-0.3, -0.25) is 0 Å². The van der Waals surface area contributed by atoms with Gasteiger partial charge in [0.05, 0.1) is 10.0 Å². The SMILES string of the molecule is CCNc1cc(Oc2ccc(Cl)c(Cl)c2)ccn1. The Morgan fingerprint density at radius 2 is 1.89 bits per heavy atom. The van der Waals surface area contributed by atoms with E-state index in [0.29, 0.717) is 21.5 Å². The number of ether oxygens (including phenoxy) is 1. The minimum Gasteiger partial charge on any atom is -0.457 e. The van der Waals surface area contributed by atoms with Crippen LogP contribution < -0.4 is 10.1 Å². The summed E-state index contributed by atoms with van der Waals surface area (Å²) in [5.41, 5.74) is 0. The number of anilines is 1. The van der Waals surface area contributed by atoms with E-state index in [-0.39, 0.29) is 0 Å². The van der Waals surface area contributed by atoms with Gasteiger partial charge in [-0.2, -0.15) is 0 Å². The molecule has 1 heterocycles. The van der Waals surface area contributed by atoms with Crippen molar-refractivity contribution in [2.45, 2.75) is 6.92 Å². The molecule has 18 heavy (non-hydrogen) atoms. The lowest BCUT2D eigenvalue weighted by Crippen LogP contribution is -1.98. The van der Waals surface area contributed by atoms with Gasteiger partial charge in [0.25, 0.3) is 0 Å². The highest BCUT2D eigenvalue weighted by Gasteiger charge is 2.03. The average molecular weight is 283 g/mol. The van der Waals surface area contributed by atoms with Crippen LogP contribution in [0.15, 0.2) is 36.5 Å². The van der Waals surface area contributed by atoms with Gasteiger partial charge in [0.2, 0.25) is 0 Å². The van der Waals surface area contributed by atoms with Crippen molar-refractivity contribution in [3.63, 3.8) is 0 Å². The van der Waals surface area contributed by atoms with Crippen molar-refractivity contribution in [2.24, 2.45) is 0 Å². The fourth-order valence-electron chi connectivity index (χ4n) is 1.43. The van der Waals surface area contributed by atoms with Crippen molar-refractivity contribution in [3.8, 4) is 11.5 Å². The Kier molecular flexibility index (Phi) is 4.28. The smallest absolute Gasteiger partial charge is 0.132 e. The maximum absolute atomic E-state index is 5.92. The molecule has 0 aliphatic rings. The van der Waals surface area contributed by atoms with E-state index in [4.69, 9.17) is 27.9 Å². The number of aromatic nitrogens is 1. The standard InChI is InChI=1S/C13H12Cl2N2O/c1-2-16-13-8-10(5-6-17-13)18-9-3-4-11(14)12(15)7-9/h3-8H,2H2,1H3,(H,16,17). The highest BCUT2D eigenvalue weighted by atomic mass is 35.5. The van der Waals surface area contributed by atoms with Gasteiger partial charge < -0.3 is 10.1 Å². The molecule has 2 rings (SSSR count). The first-order valence-electron chi connectivity index (χ1n) is 5.52. The Bertz CT molecular complexity index is 546. The summed E-state index contributed by atoms with van der Waals surface area (Å²) in [5, 5.41) is 4.09. The highest BCUT2D eigenvalue weighted by Crippen LogP contribution is 2.29. The summed E-state index contributed by atoms with van der Waals surface area (Å²) in [6.45, 7) is 2.82. The summed E-state index contributed by atoms with van der Waals surface area (Å²) in [6.07, 6.45) is 1.69. The maximum Gasteiger partial charge on any atom is 0.132 e. The number of rotatable bonds is 4. The van der Waals surface area contributed by atoms with E-state index in [9.17, 15) is 0 Å². The minimum absolute atomic E-state index is 0.468. The van der Waals surface area contributed by atoms with E-state index >= 15 is 0 Å². The van der Waals surface area contributed by atoms with E-state index in [0.717, 1.165) is 12.4 Å². The molecule has 0 aliphatic heterocycles. The lowest BCUT2D eigenvalue weighted by Gasteiger charge is -2.08. The summed E-state index contributed by atoms with van der Waals surface area (Å²) in [4.78, 5) is 4.16. The number of hydrogen-bond donors (Lipinski definition) is 1. The molecule has 0 saturated carbocycles. The number of nitrogens with zero attached hydrogens (tertiary/aromatic N) is 1. The van der Waals surface area contributed by atoms with Gasteiger partial charge in [0.15, 0.2) is 0 Å². The summed E-state index contributed by atoms with van der Waals surface area (Å²) in [7, 11) is 0. The monoisotopic (exact) mass is 282 g/mol. The maximum atomic E-state index is 5.92. The fraction of sp³-hybridized carbons (Fsp3) is 0.154. The van der Waals surface area contributed by atoms with Gasteiger partial charge in [0, 0.05) is 24.9 Å². The molecule has 0 bridgehead atoms. The van der Waals surface area contributed by atoms with E-state index in [1.807, 2.05) is 13.0 Å². The predicted molar refractivity (Wildman–Crippen MR) is 74.9 cm³/mol. The fourth-order valence-corrected chi connectivity index (χ4v) is 1.72. The van der Waals surface area contributed by atoms with E-state index in [1.165, 1.54) is 0 Å². The Morgan fingerprint density at radius 1 is 1.11 bits per heavy atom. The molecule has 1 aromatic carbocycles. The molecule has 0 aliphatic carbocycles. The van der Waals surface area contributed by atoms with Crippen molar-refractivity contribution in [1.29, 1.82) is 0 Å². The molecule has 1 aromatic heterocycles. The van der Waals surface area contributed by atoms with Gasteiger partial charge >= 0.3 is 0 Å². The van der Waals surface area contributed by atoms with Crippen LogP contribution in [0.3, 0.4) is 0 Å². The van der Waals surface area contributed by atoms with Crippen molar-refractivity contribution in [3.05, 3.63) is 46.6 Å². The molecule has 1 N–H and O–H groups in total. The molecular formula is C13H12Cl2N2O. The van der Waals surface area contributed by atoms with Crippen LogP contribution in [0.2, 0.25) is 10.0 Å². The molecule has 0 unspecified atom stereocenters. The first-order valence-corrected chi connectivity index (χ1v) is 6.27. The first kappa shape index (κ1) is 13.0. The predicted octanol–water partition coefficient (Wildman–Crippen LogP) is 4.61. The van der Waals surface area contributed by atoms with Crippen molar-refractivity contribution >= 4 is 29.0 Å². The summed E-state index contributed by atoms with van der Waals surface area (Å²) < 4.78 is 5.68. The Morgan fingerprint density at radius 3 is 2.61 bits per heavy atom. The molecule has 0 fully saturated rings. The van der Waals surface area contributed by atoms with Crippen LogP contribution in [0.25, 0.3) is 0 Å². The lowest BCUT2D eigenvalue weighted by atomic mass is 10.3. The third-order valence-corrected chi connectivity index (χ3v) is 2.96. The first-order chi connectivity index (χ1) is 8.69. The van der Waals surface area contributed by atoms with Gasteiger partial charge in [-0.15, -0.1) is 0 Å². The largest absolute Gasteiger partial charge is 0.457 e. The second-order valence-corrected chi connectivity index (χ2v) is 4.40. The average Bonchev–Trinajstić information content (AvgIpc) is 2.35. The molecule has 0 saturated heterocycles. The second kappa shape index (κ2) is 5.94. The molecule has 0 amide bonds. The molecule has 94 valence electrons. The Labute approximate surface area is 116 Å². The van der Waals surface area contributed by atoms with Gasteiger partial charge in [-0.25, -0.2) is 4.98 Å². The van der Waals surface area contributed by atoms with Crippen LogP contribution in [0.5, 0.6) is 11.5 Å². The van der Waals surface area contributed by atoms with Crippen LogP contribution in [0, 0.1) is 0 Å². The zero-order valence-corrected chi connectivity index (χ0v) is 11.3. The topological polar surface area (TPSA) is 34.1 Å². The molecule has 5 heteroatoms. The summed E-state index contributed by atoms with van der Waals surface area (Å²) in [5.74, 6) is 2.10. The number of nitrogens with one attached hydrogen (secondary N) is 1. The Balaban J connectivity index is 2.17. The quantitative estimate of drug-likeness (QED) is 0.889. The normalized spacial score (nSPS) is 10.2. The zero-order chi connectivity index (χ0) is 13.0.